The number of hydrogen-bond donors (Lipinski definition) is 0. The summed E-state index contributed by atoms with van der Waals surface area (Å²) in [4.78, 5) is 16.9. The summed E-state index contributed by atoms with van der Waals surface area (Å²) in [5.74, 6) is 1.96. The molecule has 2 aliphatic rings. The molecule has 53 heavy (non-hydrogen) atoms. The first-order valence-electron chi connectivity index (χ1n) is 18.9. The summed E-state index contributed by atoms with van der Waals surface area (Å²) in [6.45, 7) is -1.41. The Bertz CT molecular complexity index is 2700. The van der Waals surface area contributed by atoms with Gasteiger partial charge in [0.25, 0.3) is 0 Å². The Hall–Kier alpha value is -7.00. The molecule has 0 saturated heterocycles. The van der Waals surface area contributed by atoms with Gasteiger partial charge in [0.05, 0.1) is 52.8 Å². The molecule has 0 fully saturated rings. The molecule has 0 amide bonds. The first-order chi connectivity index (χ1) is 27.3. The maximum absolute atomic E-state index is 8.30. The van der Waals surface area contributed by atoms with E-state index in [9.17, 15) is 0 Å². The van der Waals surface area contributed by atoms with Crippen LogP contribution in [0.1, 0.15) is 4.11 Å². The maximum Gasteiger partial charge on any atom is 0.219 e. The van der Waals surface area contributed by atoms with Gasteiger partial charge in [0.1, 0.15) is 11.5 Å². The van der Waals surface area contributed by atoms with Gasteiger partial charge in [-0.25, -0.2) is 9.97 Å². The van der Waals surface area contributed by atoms with Crippen LogP contribution >= 0.6 is 0 Å². The highest BCUT2D eigenvalue weighted by Gasteiger charge is 2.27. The van der Waals surface area contributed by atoms with Gasteiger partial charge in [-0.3, -0.25) is 0 Å². The molecule has 0 aliphatic carbocycles. The summed E-state index contributed by atoms with van der Waals surface area (Å²) in [5.41, 5.74) is 8.43. The monoisotopic (exact) mass is 696 g/mol. The number of anilines is 6. The SMILES string of the molecule is [2H]C([2H])([2H])N1CN(c2ccc3c4ccc(N5CN(C)c6ccccc65)cc4n(-c4cc(Oc5ccccn5)cc(Oc5ccccn5)c4)c3c2)c2ccccc21. The molecular weight excluding hydrogens is 659 g/mol. The number of hydrogen-bond acceptors (Lipinski definition) is 8. The minimum atomic E-state index is -2.30. The van der Waals surface area contributed by atoms with Crippen LogP contribution in [0.3, 0.4) is 0 Å². The average Bonchev–Trinajstić information content (AvgIpc) is 3.88. The molecular formula is C44H35N7O2. The summed E-state index contributed by atoms with van der Waals surface area (Å²) >= 11 is 0. The van der Waals surface area contributed by atoms with Crippen molar-refractivity contribution in [2.24, 2.45) is 0 Å². The third-order valence-electron chi connectivity index (χ3n) is 9.88. The quantitative estimate of drug-likeness (QED) is 0.163. The Balaban J connectivity index is 1.19. The van der Waals surface area contributed by atoms with Crippen molar-refractivity contribution in [3.8, 4) is 28.9 Å². The van der Waals surface area contributed by atoms with Gasteiger partial charge in [-0.2, -0.15) is 0 Å². The standard InChI is InChI=1S/C44H35N7O2/c1-47-28-49(39-13-5-3-11-37(39)47)30-17-19-35-36-20-18-31(50-29-48(2)38-12-4-6-14-40(38)50)26-42(36)51(41(35)25-30)32-23-33(52-43-15-7-9-21-45-43)27-34(24-32)53-44-16-8-10-22-46-44/h3-27H,28-29H2,1-2H3/i1D3. The van der Waals surface area contributed by atoms with E-state index in [0.29, 0.717) is 35.6 Å². The lowest BCUT2D eigenvalue weighted by atomic mass is 10.1. The fraction of sp³-hybridized carbons (Fsp3) is 0.0909. The third-order valence-corrected chi connectivity index (χ3v) is 9.88. The molecule has 0 saturated carbocycles. The molecule has 3 aromatic heterocycles. The third kappa shape index (κ3) is 5.33. The first-order valence-corrected chi connectivity index (χ1v) is 17.4. The van der Waals surface area contributed by atoms with Crippen LogP contribution in [0, 0.1) is 0 Å². The van der Waals surface area contributed by atoms with Crippen molar-refractivity contribution in [1.29, 1.82) is 0 Å². The van der Waals surface area contributed by atoms with Gasteiger partial charge in [0.15, 0.2) is 0 Å². The van der Waals surface area contributed by atoms with Crippen LogP contribution < -0.4 is 29.1 Å². The smallest absolute Gasteiger partial charge is 0.219 e. The van der Waals surface area contributed by atoms with Crippen molar-refractivity contribution < 1.29 is 13.6 Å². The lowest BCUT2D eigenvalue weighted by Gasteiger charge is -2.21. The molecule has 0 bridgehead atoms. The maximum atomic E-state index is 8.30. The van der Waals surface area contributed by atoms with Crippen LogP contribution in [0.25, 0.3) is 27.5 Å². The first kappa shape index (κ1) is 27.7. The van der Waals surface area contributed by atoms with Gasteiger partial charge in [-0.1, -0.05) is 48.5 Å². The Morgan fingerprint density at radius 2 is 1.00 bits per heavy atom. The van der Waals surface area contributed by atoms with Crippen molar-refractivity contribution >= 4 is 55.9 Å². The van der Waals surface area contributed by atoms with Crippen molar-refractivity contribution in [2.75, 3.05) is 47.0 Å². The Labute approximate surface area is 311 Å². The van der Waals surface area contributed by atoms with Crippen LogP contribution in [0.5, 0.6) is 23.3 Å². The van der Waals surface area contributed by atoms with Crippen LogP contribution in [0.15, 0.2) is 152 Å². The van der Waals surface area contributed by atoms with Crippen LogP contribution in [-0.4, -0.2) is 41.9 Å². The second-order valence-corrected chi connectivity index (χ2v) is 13.2. The van der Waals surface area contributed by atoms with Crippen molar-refractivity contribution in [3.05, 3.63) is 152 Å². The predicted octanol–water partition coefficient (Wildman–Crippen LogP) is 10.2. The van der Waals surface area contributed by atoms with E-state index < -0.39 is 6.98 Å². The van der Waals surface area contributed by atoms with Crippen LogP contribution in [0.2, 0.25) is 0 Å². The summed E-state index contributed by atoms with van der Waals surface area (Å²) < 4.78 is 39.8. The average molecular weight is 697 g/mol. The highest BCUT2D eigenvalue weighted by atomic mass is 16.5. The molecule has 9 nitrogen and oxygen atoms in total. The molecule has 5 heterocycles. The number of para-hydroxylation sites is 4. The molecule has 258 valence electrons. The van der Waals surface area contributed by atoms with Crippen molar-refractivity contribution in [2.45, 2.75) is 0 Å². The Morgan fingerprint density at radius 3 is 1.51 bits per heavy atom. The van der Waals surface area contributed by atoms with Crippen LogP contribution in [0.4, 0.5) is 34.1 Å². The Morgan fingerprint density at radius 1 is 0.509 bits per heavy atom. The minimum absolute atomic E-state index is 0.184. The number of aromatic nitrogens is 3. The number of nitrogens with zero attached hydrogens (tertiary/aromatic N) is 7. The molecule has 0 unspecified atom stereocenters. The lowest BCUT2D eigenvalue weighted by molar-refractivity contribution is 0.441. The van der Waals surface area contributed by atoms with Gasteiger partial charge in [0.2, 0.25) is 11.8 Å². The van der Waals surface area contributed by atoms with E-state index in [0.717, 1.165) is 50.2 Å². The largest absolute Gasteiger partial charge is 0.439 e. The van der Waals surface area contributed by atoms with Crippen LogP contribution in [-0.2, 0) is 0 Å². The van der Waals surface area contributed by atoms with E-state index in [4.69, 9.17) is 13.6 Å². The van der Waals surface area contributed by atoms with E-state index >= 15 is 0 Å². The normalized spacial score (nSPS) is 14.6. The van der Waals surface area contributed by atoms with E-state index in [1.165, 1.54) is 10.6 Å². The highest BCUT2D eigenvalue weighted by molar-refractivity contribution is 6.11. The summed E-state index contributed by atoms with van der Waals surface area (Å²) in [5, 5.41) is 2.10. The van der Waals surface area contributed by atoms with Crippen molar-refractivity contribution in [1.82, 2.24) is 14.5 Å². The molecule has 0 spiro atoms. The zero-order valence-corrected chi connectivity index (χ0v) is 28.8. The van der Waals surface area contributed by atoms with Gasteiger partial charge >= 0.3 is 0 Å². The molecule has 0 N–H and O–H groups in total. The number of pyridine rings is 2. The lowest BCUT2D eigenvalue weighted by Crippen LogP contribution is -2.23. The molecule has 0 radical (unpaired) electrons. The fourth-order valence-electron chi connectivity index (χ4n) is 7.50. The number of benzene rings is 5. The molecule has 8 aromatic rings. The summed E-state index contributed by atoms with van der Waals surface area (Å²) in [6.07, 6.45) is 3.39. The Kier molecular flexibility index (Phi) is 6.45. The highest BCUT2D eigenvalue weighted by Crippen LogP contribution is 2.45. The molecule has 0 atom stereocenters. The zero-order chi connectivity index (χ0) is 38.0. The summed E-state index contributed by atoms with van der Waals surface area (Å²) in [6, 6.07) is 45.9. The van der Waals surface area contributed by atoms with Gasteiger partial charge in [0, 0.05) is 83.0 Å². The zero-order valence-electron chi connectivity index (χ0n) is 31.8. The minimum Gasteiger partial charge on any atom is -0.439 e. The number of fused-ring (bicyclic) bond motifs is 5. The topological polar surface area (TPSA) is 62.1 Å². The predicted molar refractivity (Wildman–Crippen MR) is 213 cm³/mol. The summed E-state index contributed by atoms with van der Waals surface area (Å²) in [7, 11) is 2.11. The second-order valence-electron chi connectivity index (χ2n) is 13.2. The van der Waals surface area contributed by atoms with E-state index in [1.54, 1.807) is 12.4 Å². The second kappa shape index (κ2) is 12.3. The van der Waals surface area contributed by atoms with Crippen molar-refractivity contribution in [3.63, 3.8) is 0 Å². The fourth-order valence-corrected chi connectivity index (χ4v) is 7.50. The molecule has 10 rings (SSSR count). The van der Waals surface area contributed by atoms with Gasteiger partial charge in [-0.15, -0.1) is 0 Å². The number of rotatable bonds is 7. The van der Waals surface area contributed by atoms with E-state index in [1.807, 2.05) is 78.9 Å². The molecule has 5 aromatic carbocycles. The van der Waals surface area contributed by atoms with Gasteiger partial charge < -0.3 is 33.6 Å². The molecule has 2 aliphatic heterocycles. The number of ether oxygens (including phenoxy) is 2. The van der Waals surface area contributed by atoms with E-state index in [-0.39, 0.29) is 6.67 Å². The molecule has 9 heteroatoms. The van der Waals surface area contributed by atoms with E-state index in [2.05, 4.69) is 96.9 Å². The van der Waals surface area contributed by atoms with Gasteiger partial charge in [-0.05, 0) is 60.7 Å².